The lowest BCUT2D eigenvalue weighted by Gasteiger charge is -2.07. The highest BCUT2D eigenvalue weighted by Gasteiger charge is 2.04. The molecular formula is C10H9BrN2S2. The first-order valence-corrected chi connectivity index (χ1v) is 6.45. The predicted octanol–water partition coefficient (Wildman–Crippen LogP) is 4.25. The standard InChI is InChI=1S/C10H9BrN2S2/c1-6-3-2-4-7(9(6)14)12-10-13-8(11)5-15-10/h2-5,14H,1H3,(H,12,13). The van der Waals surface area contributed by atoms with Gasteiger partial charge in [0.25, 0.3) is 0 Å². The Morgan fingerprint density at radius 2 is 2.27 bits per heavy atom. The average molecular weight is 301 g/mol. The molecule has 0 radical (unpaired) electrons. The zero-order chi connectivity index (χ0) is 10.8. The highest BCUT2D eigenvalue weighted by molar-refractivity contribution is 9.10. The summed E-state index contributed by atoms with van der Waals surface area (Å²) >= 11 is 9.33. The highest BCUT2D eigenvalue weighted by Crippen LogP contribution is 2.29. The summed E-state index contributed by atoms with van der Waals surface area (Å²) in [5, 5.41) is 6.04. The summed E-state index contributed by atoms with van der Waals surface area (Å²) in [6, 6.07) is 6.02. The van der Waals surface area contributed by atoms with E-state index in [0.29, 0.717) is 0 Å². The zero-order valence-electron chi connectivity index (χ0n) is 7.99. The van der Waals surface area contributed by atoms with Gasteiger partial charge in [-0.1, -0.05) is 12.1 Å². The Bertz CT molecular complexity index is 482. The molecule has 1 N–H and O–H groups in total. The number of rotatable bonds is 2. The molecule has 5 heteroatoms. The Morgan fingerprint density at radius 1 is 1.47 bits per heavy atom. The quantitative estimate of drug-likeness (QED) is 0.811. The van der Waals surface area contributed by atoms with E-state index >= 15 is 0 Å². The van der Waals surface area contributed by atoms with E-state index in [1.807, 2.05) is 30.5 Å². The van der Waals surface area contributed by atoms with Gasteiger partial charge in [-0.2, -0.15) is 0 Å². The Morgan fingerprint density at radius 3 is 2.93 bits per heavy atom. The number of halogens is 1. The summed E-state index contributed by atoms with van der Waals surface area (Å²) in [5.74, 6) is 0. The van der Waals surface area contributed by atoms with Crippen molar-refractivity contribution >= 4 is 50.7 Å². The van der Waals surface area contributed by atoms with Crippen LogP contribution in [0.3, 0.4) is 0 Å². The number of hydrogen-bond acceptors (Lipinski definition) is 4. The first kappa shape index (κ1) is 11.0. The maximum atomic E-state index is 4.45. The van der Waals surface area contributed by atoms with Crippen molar-refractivity contribution in [2.75, 3.05) is 5.32 Å². The van der Waals surface area contributed by atoms with Gasteiger partial charge in [-0.25, -0.2) is 4.98 Å². The Labute approximate surface area is 106 Å². The van der Waals surface area contributed by atoms with Crippen molar-refractivity contribution in [2.45, 2.75) is 11.8 Å². The molecule has 78 valence electrons. The number of benzene rings is 1. The van der Waals surface area contributed by atoms with Gasteiger partial charge >= 0.3 is 0 Å². The third kappa shape index (κ3) is 2.53. The lowest BCUT2D eigenvalue weighted by Crippen LogP contribution is -1.91. The van der Waals surface area contributed by atoms with Crippen LogP contribution in [0, 0.1) is 6.92 Å². The smallest absolute Gasteiger partial charge is 0.188 e. The van der Waals surface area contributed by atoms with Crippen molar-refractivity contribution < 1.29 is 0 Å². The average Bonchev–Trinajstić information content (AvgIpc) is 2.59. The molecule has 0 atom stereocenters. The molecule has 1 heterocycles. The van der Waals surface area contributed by atoms with Crippen LogP contribution >= 0.6 is 39.9 Å². The molecule has 0 spiro atoms. The summed E-state index contributed by atoms with van der Waals surface area (Å²) in [5.41, 5.74) is 2.14. The van der Waals surface area contributed by atoms with Crippen LogP contribution in [0.15, 0.2) is 33.1 Å². The van der Waals surface area contributed by atoms with Gasteiger partial charge in [0, 0.05) is 10.3 Å². The van der Waals surface area contributed by atoms with Crippen LogP contribution in [-0.4, -0.2) is 4.98 Å². The molecular weight excluding hydrogens is 292 g/mol. The molecule has 1 aromatic carbocycles. The van der Waals surface area contributed by atoms with Gasteiger partial charge < -0.3 is 5.32 Å². The van der Waals surface area contributed by atoms with Crippen LogP contribution in [0.1, 0.15) is 5.56 Å². The number of thiol groups is 1. The number of nitrogens with one attached hydrogen (secondary N) is 1. The van der Waals surface area contributed by atoms with Gasteiger partial charge in [-0.15, -0.1) is 24.0 Å². The molecule has 1 aromatic heterocycles. The van der Waals surface area contributed by atoms with Crippen molar-refractivity contribution in [1.82, 2.24) is 4.98 Å². The van der Waals surface area contributed by atoms with Gasteiger partial charge in [-0.3, -0.25) is 0 Å². The summed E-state index contributed by atoms with van der Waals surface area (Å²) < 4.78 is 0.850. The van der Waals surface area contributed by atoms with Crippen molar-refractivity contribution in [1.29, 1.82) is 0 Å². The maximum absolute atomic E-state index is 4.45. The van der Waals surface area contributed by atoms with Crippen molar-refractivity contribution in [3.8, 4) is 0 Å². The Hall–Kier alpha value is -0.520. The largest absolute Gasteiger partial charge is 0.331 e. The van der Waals surface area contributed by atoms with E-state index < -0.39 is 0 Å². The van der Waals surface area contributed by atoms with E-state index in [4.69, 9.17) is 0 Å². The van der Waals surface area contributed by atoms with E-state index in [2.05, 4.69) is 38.9 Å². The molecule has 0 bridgehead atoms. The summed E-state index contributed by atoms with van der Waals surface area (Å²) in [7, 11) is 0. The molecule has 15 heavy (non-hydrogen) atoms. The van der Waals surface area contributed by atoms with E-state index in [-0.39, 0.29) is 0 Å². The molecule has 0 saturated carbocycles. The Kier molecular flexibility index (Phi) is 3.33. The molecule has 2 rings (SSSR count). The van der Waals surface area contributed by atoms with Crippen molar-refractivity contribution in [3.05, 3.63) is 33.7 Å². The normalized spacial score (nSPS) is 10.3. The van der Waals surface area contributed by atoms with E-state index in [1.54, 1.807) is 11.3 Å². The predicted molar refractivity (Wildman–Crippen MR) is 71.5 cm³/mol. The van der Waals surface area contributed by atoms with Crippen LogP contribution in [0.2, 0.25) is 0 Å². The first-order valence-electron chi connectivity index (χ1n) is 4.33. The monoisotopic (exact) mass is 300 g/mol. The molecule has 2 nitrogen and oxygen atoms in total. The number of aryl methyl sites for hydroxylation is 1. The number of anilines is 2. The van der Waals surface area contributed by atoms with Crippen LogP contribution in [-0.2, 0) is 0 Å². The molecule has 0 unspecified atom stereocenters. The second-order valence-electron chi connectivity index (χ2n) is 3.07. The van der Waals surface area contributed by atoms with Gasteiger partial charge in [0.15, 0.2) is 5.13 Å². The molecule has 0 amide bonds. The third-order valence-electron chi connectivity index (χ3n) is 1.96. The van der Waals surface area contributed by atoms with Crippen LogP contribution < -0.4 is 5.32 Å². The number of hydrogen-bond donors (Lipinski definition) is 2. The SMILES string of the molecule is Cc1cccc(Nc2nc(Br)cs2)c1S. The molecule has 0 fully saturated rings. The van der Waals surface area contributed by atoms with Gasteiger partial charge in [0.1, 0.15) is 4.60 Å². The summed E-state index contributed by atoms with van der Waals surface area (Å²) in [6.45, 7) is 2.03. The second-order valence-corrected chi connectivity index (χ2v) is 5.19. The second kappa shape index (κ2) is 4.55. The third-order valence-corrected chi connectivity index (χ3v) is 4.02. The number of aromatic nitrogens is 1. The first-order chi connectivity index (χ1) is 7.16. The maximum Gasteiger partial charge on any atom is 0.188 e. The van der Waals surface area contributed by atoms with E-state index in [9.17, 15) is 0 Å². The molecule has 2 aromatic rings. The van der Waals surface area contributed by atoms with Gasteiger partial charge in [-0.05, 0) is 34.5 Å². The van der Waals surface area contributed by atoms with Crippen molar-refractivity contribution in [2.24, 2.45) is 0 Å². The minimum absolute atomic E-state index is 0.850. The van der Waals surface area contributed by atoms with Crippen LogP contribution in [0.5, 0.6) is 0 Å². The fourth-order valence-corrected chi connectivity index (χ4v) is 2.55. The number of thiazole rings is 1. The minimum atomic E-state index is 0.850. The molecule has 0 aliphatic carbocycles. The van der Waals surface area contributed by atoms with E-state index in [0.717, 1.165) is 25.9 Å². The van der Waals surface area contributed by atoms with Gasteiger partial charge in [0.05, 0.1) is 5.69 Å². The summed E-state index contributed by atoms with van der Waals surface area (Å²) in [6.07, 6.45) is 0. The summed E-state index contributed by atoms with van der Waals surface area (Å²) in [4.78, 5) is 5.23. The van der Waals surface area contributed by atoms with Crippen LogP contribution in [0.4, 0.5) is 10.8 Å². The fraction of sp³-hybridized carbons (Fsp3) is 0.100. The van der Waals surface area contributed by atoms with E-state index in [1.165, 1.54) is 0 Å². The topological polar surface area (TPSA) is 24.9 Å². The molecule has 0 saturated heterocycles. The van der Waals surface area contributed by atoms with Crippen LogP contribution in [0.25, 0.3) is 0 Å². The van der Waals surface area contributed by atoms with Gasteiger partial charge in [0.2, 0.25) is 0 Å². The Balaban J connectivity index is 2.28. The lowest BCUT2D eigenvalue weighted by molar-refractivity contribution is 1.28. The minimum Gasteiger partial charge on any atom is -0.331 e. The van der Waals surface area contributed by atoms with Crippen molar-refractivity contribution in [3.63, 3.8) is 0 Å². The number of nitrogens with zero attached hydrogens (tertiary/aromatic N) is 1. The molecule has 0 aliphatic rings. The fourth-order valence-electron chi connectivity index (χ4n) is 1.19. The zero-order valence-corrected chi connectivity index (χ0v) is 11.3. The molecule has 0 aliphatic heterocycles. The highest BCUT2D eigenvalue weighted by atomic mass is 79.9. The lowest BCUT2D eigenvalue weighted by atomic mass is 10.2.